The van der Waals surface area contributed by atoms with Crippen molar-refractivity contribution in [2.24, 2.45) is 5.73 Å². The Kier molecular flexibility index (Phi) is 4.04. The summed E-state index contributed by atoms with van der Waals surface area (Å²) in [5, 5.41) is 8.60. The van der Waals surface area contributed by atoms with Gasteiger partial charge in [0.05, 0.1) is 0 Å². The average Bonchev–Trinajstić information content (AvgIpc) is 2.45. The van der Waals surface area contributed by atoms with E-state index in [9.17, 15) is 9.59 Å². The zero-order valence-corrected chi connectivity index (χ0v) is 10.2. The van der Waals surface area contributed by atoms with Crippen molar-refractivity contribution in [3.8, 4) is 0 Å². The Morgan fingerprint density at radius 1 is 1.21 bits per heavy atom. The monoisotopic (exact) mass is 258 g/mol. The lowest BCUT2D eigenvalue weighted by molar-refractivity contribution is 0.0944. The Labute approximate surface area is 109 Å². The van der Waals surface area contributed by atoms with Gasteiger partial charge in [-0.1, -0.05) is 24.3 Å². The molecule has 98 valence electrons. The summed E-state index contributed by atoms with van der Waals surface area (Å²) in [6.45, 7) is 0.788. The van der Waals surface area contributed by atoms with Gasteiger partial charge in [0.1, 0.15) is 5.69 Å². The van der Waals surface area contributed by atoms with E-state index in [-0.39, 0.29) is 17.2 Å². The number of aromatic amines is 1. The molecule has 0 bridgehead atoms. The molecule has 4 N–H and O–H groups in total. The molecule has 19 heavy (non-hydrogen) atoms. The van der Waals surface area contributed by atoms with Crippen LogP contribution in [0.15, 0.2) is 41.2 Å². The topological polar surface area (TPSA) is 101 Å². The molecule has 0 saturated carbocycles. The summed E-state index contributed by atoms with van der Waals surface area (Å²) in [6.07, 6.45) is 0. The van der Waals surface area contributed by atoms with Crippen molar-refractivity contribution in [3.05, 3.63) is 63.6 Å². The van der Waals surface area contributed by atoms with Crippen LogP contribution in [0.4, 0.5) is 0 Å². The lowest BCUT2D eigenvalue weighted by Gasteiger charge is -2.08. The zero-order valence-electron chi connectivity index (χ0n) is 10.2. The van der Waals surface area contributed by atoms with Gasteiger partial charge in [0, 0.05) is 19.2 Å². The van der Waals surface area contributed by atoms with Crippen molar-refractivity contribution in [2.45, 2.75) is 13.1 Å². The van der Waals surface area contributed by atoms with Crippen LogP contribution in [0.5, 0.6) is 0 Å². The van der Waals surface area contributed by atoms with Crippen molar-refractivity contribution >= 4 is 5.91 Å². The van der Waals surface area contributed by atoms with Crippen molar-refractivity contribution in [2.75, 3.05) is 0 Å². The third-order valence-electron chi connectivity index (χ3n) is 2.69. The van der Waals surface area contributed by atoms with Gasteiger partial charge in [-0.3, -0.25) is 9.59 Å². The average molecular weight is 258 g/mol. The molecule has 1 aromatic carbocycles. The number of H-pyrrole nitrogens is 1. The van der Waals surface area contributed by atoms with Gasteiger partial charge in [0.25, 0.3) is 11.5 Å². The molecule has 1 heterocycles. The minimum absolute atomic E-state index is 0.171. The zero-order chi connectivity index (χ0) is 13.7. The summed E-state index contributed by atoms with van der Waals surface area (Å²) in [6, 6.07) is 10.2. The summed E-state index contributed by atoms with van der Waals surface area (Å²) >= 11 is 0. The van der Waals surface area contributed by atoms with Gasteiger partial charge >= 0.3 is 0 Å². The summed E-state index contributed by atoms with van der Waals surface area (Å²) in [7, 11) is 0. The van der Waals surface area contributed by atoms with Crippen molar-refractivity contribution in [1.29, 1.82) is 0 Å². The van der Waals surface area contributed by atoms with Gasteiger partial charge in [0.2, 0.25) is 0 Å². The standard InChI is InChI=1S/C13H14N4O2/c14-7-9-3-1-2-4-10(9)8-15-13(19)11-5-6-12(18)17-16-11/h1-6H,7-8,14H2,(H,15,19)(H,17,18). The molecule has 0 radical (unpaired) electrons. The smallest absolute Gasteiger partial charge is 0.271 e. The molecular weight excluding hydrogens is 244 g/mol. The maximum Gasteiger partial charge on any atom is 0.271 e. The molecule has 1 aromatic heterocycles. The Morgan fingerprint density at radius 3 is 2.58 bits per heavy atom. The highest BCUT2D eigenvalue weighted by atomic mass is 16.2. The fraction of sp³-hybridized carbons (Fsp3) is 0.154. The third-order valence-corrected chi connectivity index (χ3v) is 2.69. The van der Waals surface area contributed by atoms with Gasteiger partial charge in [-0.2, -0.15) is 5.10 Å². The number of nitrogens with two attached hydrogens (primary N) is 1. The van der Waals surface area contributed by atoms with Crippen LogP contribution >= 0.6 is 0 Å². The second kappa shape index (κ2) is 5.92. The Morgan fingerprint density at radius 2 is 1.95 bits per heavy atom. The molecule has 0 aliphatic heterocycles. The van der Waals surface area contributed by atoms with E-state index in [1.54, 1.807) is 0 Å². The highest BCUT2D eigenvalue weighted by Crippen LogP contribution is 2.07. The highest BCUT2D eigenvalue weighted by Gasteiger charge is 2.07. The van der Waals surface area contributed by atoms with Crippen LogP contribution < -0.4 is 16.6 Å². The molecule has 0 aliphatic rings. The third kappa shape index (κ3) is 3.26. The number of carbonyl (C=O) groups is 1. The van der Waals surface area contributed by atoms with Gasteiger partial charge in [-0.25, -0.2) is 5.10 Å². The van der Waals surface area contributed by atoms with Crippen LogP contribution in [0.3, 0.4) is 0 Å². The predicted molar refractivity (Wildman–Crippen MR) is 70.4 cm³/mol. The van der Waals surface area contributed by atoms with Crippen LogP contribution in [0.2, 0.25) is 0 Å². The summed E-state index contributed by atoms with van der Waals surface area (Å²) in [5.74, 6) is -0.344. The van der Waals surface area contributed by atoms with Gasteiger partial charge in [-0.15, -0.1) is 0 Å². The lowest BCUT2D eigenvalue weighted by Crippen LogP contribution is -2.26. The molecule has 0 fully saturated rings. The van der Waals surface area contributed by atoms with E-state index in [2.05, 4.69) is 15.5 Å². The minimum Gasteiger partial charge on any atom is -0.347 e. The second-order valence-electron chi connectivity index (χ2n) is 3.96. The van der Waals surface area contributed by atoms with Crippen LogP contribution in [0.1, 0.15) is 21.6 Å². The largest absolute Gasteiger partial charge is 0.347 e. The number of benzene rings is 1. The quantitative estimate of drug-likeness (QED) is 0.727. The molecule has 0 atom stereocenters. The lowest BCUT2D eigenvalue weighted by atomic mass is 10.1. The molecule has 6 heteroatoms. The molecule has 6 nitrogen and oxygen atoms in total. The fourth-order valence-corrected chi connectivity index (χ4v) is 1.67. The first-order chi connectivity index (χ1) is 9.20. The number of carbonyl (C=O) groups excluding carboxylic acids is 1. The van der Waals surface area contributed by atoms with Crippen LogP contribution in [0, 0.1) is 0 Å². The van der Waals surface area contributed by atoms with Crippen LogP contribution in [-0.2, 0) is 13.1 Å². The Hall–Kier alpha value is -2.47. The number of hydrogen-bond donors (Lipinski definition) is 3. The van der Waals surface area contributed by atoms with Crippen molar-refractivity contribution < 1.29 is 4.79 Å². The number of amides is 1. The molecule has 2 rings (SSSR count). The first kappa shape index (κ1) is 13.0. The number of aromatic nitrogens is 2. The van der Waals surface area contributed by atoms with Crippen molar-refractivity contribution in [1.82, 2.24) is 15.5 Å². The van der Waals surface area contributed by atoms with Crippen LogP contribution in [-0.4, -0.2) is 16.1 Å². The molecule has 1 amide bonds. The van der Waals surface area contributed by atoms with E-state index in [1.165, 1.54) is 12.1 Å². The van der Waals surface area contributed by atoms with E-state index in [0.717, 1.165) is 11.1 Å². The normalized spacial score (nSPS) is 10.2. The highest BCUT2D eigenvalue weighted by molar-refractivity contribution is 5.91. The first-order valence-corrected chi connectivity index (χ1v) is 5.81. The van der Waals surface area contributed by atoms with E-state index in [0.29, 0.717) is 13.1 Å². The molecule has 0 spiro atoms. The fourth-order valence-electron chi connectivity index (χ4n) is 1.67. The van der Waals surface area contributed by atoms with Gasteiger partial charge < -0.3 is 11.1 Å². The number of rotatable bonds is 4. The van der Waals surface area contributed by atoms with E-state index < -0.39 is 0 Å². The van der Waals surface area contributed by atoms with E-state index in [4.69, 9.17) is 5.73 Å². The first-order valence-electron chi connectivity index (χ1n) is 5.81. The van der Waals surface area contributed by atoms with E-state index >= 15 is 0 Å². The van der Waals surface area contributed by atoms with Gasteiger partial charge in [0.15, 0.2) is 0 Å². The minimum atomic E-state index is -0.344. The van der Waals surface area contributed by atoms with Gasteiger partial charge in [-0.05, 0) is 17.2 Å². The number of nitrogens with zero attached hydrogens (tertiary/aromatic N) is 1. The number of nitrogens with one attached hydrogen (secondary N) is 2. The van der Waals surface area contributed by atoms with Crippen molar-refractivity contribution in [3.63, 3.8) is 0 Å². The predicted octanol–water partition coefficient (Wildman–Crippen LogP) is 0.159. The Bertz CT molecular complexity index is 616. The maximum atomic E-state index is 11.8. The molecule has 0 saturated heterocycles. The molecule has 2 aromatic rings. The van der Waals surface area contributed by atoms with Crippen LogP contribution in [0.25, 0.3) is 0 Å². The maximum absolute atomic E-state index is 11.8. The summed E-state index contributed by atoms with van der Waals surface area (Å²) < 4.78 is 0. The molecular formula is C13H14N4O2. The second-order valence-corrected chi connectivity index (χ2v) is 3.96. The summed E-state index contributed by atoms with van der Waals surface area (Å²) in [5.41, 5.74) is 7.39. The Balaban J connectivity index is 2.04. The summed E-state index contributed by atoms with van der Waals surface area (Å²) in [4.78, 5) is 22.6. The SMILES string of the molecule is NCc1ccccc1CNC(=O)c1ccc(=O)[nH]n1. The molecule has 0 unspecified atom stereocenters. The molecule has 0 aliphatic carbocycles. The van der Waals surface area contributed by atoms with E-state index in [1.807, 2.05) is 24.3 Å². The number of hydrogen-bond acceptors (Lipinski definition) is 4.